The van der Waals surface area contributed by atoms with E-state index in [4.69, 9.17) is 4.74 Å². The summed E-state index contributed by atoms with van der Waals surface area (Å²) in [6.07, 6.45) is 3.57. The van der Waals surface area contributed by atoms with Gasteiger partial charge in [0.25, 0.3) is 0 Å². The zero-order valence-electron chi connectivity index (χ0n) is 11.6. The van der Waals surface area contributed by atoms with Crippen molar-refractivity contribution in [3.8, 4) is 5.75 Å². The molecule has 0 saturated carbocycles. The van der Waals surface area contributed by atoms with Crippen molar-refractivity contribution in [3.05, 3.63) is 47.3 Å². The average Bonchev–Trinajstić information content (AvgIpc) is 2.88. The van der Waals surface area contributed by atoms with Crippen LogP contribution in [0, 0.1) is 6.92 Å². The molecule has 0 fully saturated rings. The molecule has 0 bridgehead atoms. The molecule has 1 atom stereocenters. The van der Waals surface area contributed by atoms with Crippen LogP contribution in [0.25, 0.3) is 0 Å². The van der Waals surface area contributed by atoms with Crippen LogP contribution in [0.5, 0.6) is 5.75 Å². The molecule has 0 spiro atoms. The van der Waals surface area contributed by atoms with E-state index in [1.54, 1.807) is 13.3 Å². The van der Waals surface area contributed by atoms with E-state index in [-0.39, 0.29) is 0 Å². The molecule has 1 unspecified atom stereocenters. The summed E-state index contributed by atoms with van der Waals surface area (Å²) in [5.41, 5.74) is 3.01. The number of rotatable bonds is 5. The molecule has 19 heavy (non-hydrogen) atoms. The molecule has 1 N–H and O–H groups in total. The van der Waals surface area contributed by atoms with Gasteiger partial charge in [-0.25, -0.2) is 0 Å². The summed E-state index contributed by atoms with van der Waals surface area (Å²) in [5.74, 6) is 0.813. The van der Waals surface area contributed by atoms with E-state index in [0.717, 1.165) is 29.0 Å². The maximum absolute atomic E-state index is 10.3. The highest BCUT2D eigenvalue weighted by Crippen LogP contribution is 2.25. The van der Waals surface area contributed by atoms with E-state index in [0.29, 0.717) is 6.42 Å². The Kier molecular flexibility index (Phi) is 4.22. The number of aryl methyl sites for hydroxylation is 2. The summed E-state index contributed by atoms with van der Waals surface area (Å²) in [4.78, 5) is 0. The van der Waals surface area contributed by atoms with Crippen LogP contribution in [0.15, 0.2) is 30.6 Å². The van der Waals surface area contributed by atoms with E-state index in [1.807, 2.05) is 42.9 Å². The second kappa shape index (κ2) is 5.89. The minimum Gasteiger partial charge on any atom is -0.496 e. The Bertz CT molecular complexity index is 549. The van der Waals surface area contributed by atoms with Gasteiger partial charge < -0.3 is 9.84 Å². The number of hydrogen-bond donors (Lipinski definition) is 1. The van der Waals surface area contributed by atoms with Gasteiger partial charge >= 0.3 is 0 Å². The molecule has 4 nitrogen and oxygen atoms in total. The Morgan fingerprint density at radius 2 is 2.21 bits per heavy atom. The van der Waals surface area contributed by atoms with Crippen LogP contribution in [0.3, 0.4) is 0 Å². The van der Waals surface area contributed by atoms with Crippen molar-refractivity contribution in [2.75, 3.05) is 7.11 Å². The van der Waals surface area contributed by atoms with Gasteiger partial charge in [0.1, 0.15) is 5.75 Å². The van der Waals surface area contributed by atoms with E-state index in [9.17, 15) is 5.11 Å². The second-order valence-corrected chi connectivity index (χ2v) is 4.66. The molecule has 0 radical (unpaired) electrons. The van der Waals surface area contributed by atoms with Crippen LogP contribution < -0.4 is 4.74 Å². The summed E-state index contributed by atoms with van der Waals surface area (Å²) in [6.45, 7) is 4.86. The molecule has 0 aliphatic carbocycles. The molecule has 0 aliphatic rings. The number of benzene rings is 1. The summed E-state index contributed by atoms with van der Waals surface area (Å²) >= 11 is 0. The molecule has 0 aliphatic heterocycles. The molecule has 102 valence electrons. The molecule has 1 heterocycles. The highest BCUT2D eigenvalue weighted by molar-refractivity contribution is 5.37. The van der Waals surface area contributed by atoms with Gasteiger partial charge in [-0.2, -0.15) is 5.10 Å². The number of aliphatic hydroxyl groups is 1. The Morgan fingerprint density at radius 3 is 2.84 bits per heavy atom. The van der Waals surface area contributed by atoms with Crippen molar-refractivity contribution in [1.29, 1.82) is 0 Å². The number of hydrogen-bond acceptors (Lipinski definition) is 3. The number of ether oxygens (including phenoxy) is 1. The van der Waals surface area contributed by atoms with Gasteiger partial charge in [0.15, 0.2) is 0 Å². The Morgan fingerprint density at radius 1 is 1.42 bits per heavy atom. The Labute approximate surface area is 113 Å². The summed E-state index contributed by atoms with van der Waals surface area (Å²) < 4.78 is 7.14. The van der Waals surface area contributed by atoms with Gasteiger partial charge in [0.05, 0.1) is 19.4 Å². The SMILES string of the molecule is CCn1cc(C(O)Cc2cc(C)ccc2OC)cn1. The monoisotopic (exact) mass is 260 g/mol. The van der Waals surface area contributed by atoms with E-state index >= 15 is 0 Å². The van der Waals surface area contributed by atoms with Crippen LogP contribution in [-0.2, 0) is 13.0 Å². The molecule has 0 amide bonds. The zero-order valence-corrected chi connectivity index (χ0v) is 11.6. The van der Waals surface area contributed by atoms with Crippen molar-refractivity contribution in [1.82, 2.24) is 9.78 Å². The predicted octanol–water partition coefficient (Wildman–Crippen LogP) is 2.50. The molecule has 2 rings (SSSR count). The maximum Gasteiger partial charge on any atom is 0.122 e. The highest BCUT2D eigenvalue weighted by Gasteiger charge is 2.14. The summed E-state index contributed by atoms with van der Waals surface area (Å²) in [6, 6.07) is 5.99. The lowest BCUT2D eigenvalue weighted by Crippen LogP contribution is -2.03. The second-order valence-electron chi connectivity index (χ2n) is 4.66. The predicted molar refractivity (Wildman–Crippen MR) is 74.3 cm³/mol. The van der Waals surface area contributed by atoms with Gasteiger partial charge in [0, 0.05) is 24.7 Å². The minimum atomic E-state index is -0.559. The van der Waals surface area contributed by atoms with Gasteiger partial charge in [0.2, 0.25) is 0 Å². The smallest absolute Gasteiger partial charge is 0.122 e. The number of aliphatic hydroxyl groups excluding tert-OH is 1. The quantitative estimate of drug-likeness (QED) is 0.898. The Hall–Kier alpha value is -1.81. The van der Waals surface area contributed by atoms with Gasteiger partial charge in [-0.1, -0.05) is 17.7 Å². The largest absolute Gasteiger partial charge is 0.496 e. The topological polar surface area (TPSA) is 47.3 Å². The summed E-state index contributed by atoms with van der Waals surface area (Å²) in [5, 5.41) is 14.5. The van der Waals surface area contributed by atoms with Crippen LogP contribution in [-0.4, -0.2) is 22.0 Å². The van der Waals surface area contributed by atoms with E-state index in [2.05, 4.69) is 5.10 Å². The molecule has 1 aromatic heterocycles. The standard InChI is InChI=1S/C15H20N2O2/c1-4-17-10-13(9-16-17)14(18)8-12-7-11(2)5-6-15(12)19-3/h5-7,9-10,14,18H,4,8H2,1-3H3. The highest BCUT2D eigenvalue weighted by atomic mass is 16.5. The Balaban J connectivity index is 2.18. The zero-order chi connectivity index (χ0) is 13.8. The molecule has 1 aromatic carbocycles. The first-order valence-corrected chi connectivity index (χ1v) is 6.48. The molecule has 2 aromatic rings. The molecular formula is C15H20N2O2. The van der Waals surface area contributed by atoms with Crippen LogP contribution in [0.2, 0.25) is 0 Å². The van der Waals surface area contributed by atoms with Gasteiger partial charge in [-0.3, -0.25) is 4.68 Å². The van der Waals surface area contributed by atoms with Crippen molar-refractivity contribution in [2.24, 2.45) is 0 Å². The van der Waals surface area contributed by atoms with E-state index in [1.165, 1.54) is 0 Å². The summed E-state index contributed by atoms with van der Waals surface area (Å²) in [7, 11) is 1.65. The number of nitrogens with zero attached hydrogens (tertiary/aromatic N) is 2. The average molecular weight is 260 g/mol. The number of methoxy groups -OCH3 is 1. The van der Waals surface area contributed by atoms with Crippen molar-refractivity contribution in [3.63, 3.8) is 0 Å². The van der Waals surface area contributed by atoms with Crippen molar-refractivity contribution < 1.29 is 9.84 Å². The fraction of sp³-hybridized carbons (Fsp3) is 0.400. The fourth-order valence-electron chi connectivity index (χ4n) is 2.12. The van der Waals surface area contributed by atoms with Crippen LogP contribution in [0.1, 0.15) is 29.7 Å². The molecular weight excluding hydrogens is 240 g/mol. The van der Waals surface area contributed by atoms with Crippen LogP contribution >= 0.6 is 0 Å². The minimum absolute atomic E-state index is 0.528. The lowest BCUT2D eigenvalue weighted by atomic mass is 10.0. The third-order valence-electron chi connectivity index (χ3n) is 3.21. The van der Waals surface area contributed by atoms with Crippen molar-refractivity contribution in [2.45, 2.75) is 32.9 Å². The third-order valence-corrected chi connectivity index (χ3v) is 3.21. The third kappa shape index (κ3) is 3.15. The van der Waals surface area contributed by atoms with Gasteiger partial charge in [-0.15, -0.1) is 0 Å². The van der Waals surface area contributed by atoms with E-state index < -0.39 is 6.10 Å². The first-order valence-electron chi connectivity index (χ1n) is 6.48. The van der Waals surface area contributed by atoms with Crippen molar-refractivity contribution >= 4 is 0 Å². The first-order chi connectivity index (χ1) is 9.13. The van der Waals surface area contributed by atoms with Crippen LogP contribution in [0.4, 0.5) is 0 Å². The fourth-order valence-corrected chi connectivity index (χ4v) is 2.12. The lowest BCUT2D eigenvalue weighted by Gasteiger charge is -2.13. The number of aromatic nitrogens is 2. The molecule has 4 heteroatoms. The first kappa shape index (κ1) is 13.6. The normalized spacial score (nSPS) is 12.4. The molecule has 0 saturated heterocycles. The van der Waals surface area contributed by atoms with Gasteiger partial charge in [-0.05, 0) is 25.5 Å². The maximum atomic E-state index is 10.3. The lowest BCUT2D eigenvalue weighted by molar-refractivity contribution is 0.177.